The van der Waals surface area contributed by atoms with Crippen LogP contribution in [0.1, 0.15) is 52.1 Å². The minimum absolute atomic E-state index is 0. The fourth-order valence-electron chi connectivity index (χ4n) is 3.74. The largest absolute Gasteiger partial charge is 0.249 e. The van der Waals surface area contributed by atoms with Crippen LogP contribution in [-0.4, -0.2) is 30.9 Å². The van der Waals surface area contributed by atoms with E-state index >= 15 is 0 Å². The number of nitriles is 2. The summed E-state index contributed by atoms with van der Waals surface area (Å²) in [5, 5.41) is 17.9. The highest BCUT2D eigenvalue weighted by molar-refractivity contribution is 7.94. The Bertz CT molecular complexity index is 1280. The summed E-state index contributed by atoms with van der Waals surface area (Å²) in [7, 11) is -5.10. The second-order valence-corrected chi connectivity index (χ2v) is 13.4. The maximum Gasteiger partial charge on any atom is 0.214 e. The molecule has 2 aromatic rings. The lowest BCUT2D eigenvalue weighted by molar-refractivity contribution is 0.393. The van der Waals surface area contributed by atoms with Crippen LogP contribution in [0.25, 0.3) is 0 Å². The molecule has 0 N–H and O–H groups in total. The van der Waals surface area contributed by atoms with Gasteiger partial charge in [-0.25, -0.2) is 18.4 Å². The average Bonchev–Trinajstić information content (AvgIpc) is 2.76. The molecule has 1 fully saturated rings. The highest BCUT2D eigenvalue weighted by Crippen LogP contribution is 2.44. The molecule has 12 heteroatoms. The molecule has 0 aliphatic heterocycles. The van der Waals surface area contributed by atoms with Crippen LogP contribution in [0.5, 0.6) is 0 Å². The molecule has 0 radical (unpaired) electrons. The first-order chi connectivity index (χ1) is 15.5. The third-order valence-corrected chi connectivity index (χ3v) is 9.62. The van der Waals surface area contributed by atoms with E-state index in [2.05, 4.69) is 18.7 Å². The van der Waals surface area contributed by atoms with Gasteiger partial charge in [0.15, 0.2) is 0 Å². The minimum Gasteiger partial charge on any atom is -0.249 e. The van der Waals surface area contributed by atoms with Crippen molar-refractivity contribution in [1.29, 1.82) is 10.5 Å². The van der Waals surface area contributed by atoms with Gasteiger partial charge in [0.2, 0.25) is 12.4 Å². The van der Waals surface area contributed by atoms with E-state index in [4.69, 9.17) is 33.7 Å². The van der Waals surface area contributed by atoms with Crippen molar-refractivity contribution in [1.82, 2.24) is 9.97 Å². The number of halogens is 2. The zero-order valence-corrected chi connectivity index (χ0v) is 21.4. The molecule has 1 aliphatic rings. The molecule has 0 bridgehead atoms. The van der Waals surface area contributed by atoms with Crippen LogP contribution in [0.2, 0.25) is 10.3 Å². The third-order valence-electron chi connectivity index (χ3n) is 5.31. The molecule has 0 saturated heterocycles. The number of aromatic nitrogens is 2. The second kappa shape index (κ2) is 13.0. The van der Waals surface area contributed by atoms with E-state index in [1.165, 1.54) is 12.5 Å². The molecule has 1 aliphatic carbocycles. The van der Waals surface area contributed by atoms with Crippen molar-refractivity contribution in [2.24, 2.45) is 8.73 Å². The first-order valence-electron chi connectivity index (χ1n) is 9.95. The molecule has 8 nitrogen and oxygen atoms in total. The molecule has 1 saturated carbocycles. The van der Waals surface area contributed by atoms with Crippen molar-refractivity contribution in [3.8, 4) is 12.4 Å². The smallest absolute Gasteiger partial charge is 0.214 e. The fourth-order valence-corrected chi connectivity index (χ4v) is 6.92. The Morgan fingerprint density at radius 1 is 0.971 bits per heavy atom. The van der Waals surface area contributed by atoms with Crippen molar-refractivity contribution < 1.29 is 9.84 Å². The third kappa shape index (κ3) is 7.92. The Hall–Kier alpha value is -2.24. The summed E-state index contributed by atoms with van der Waals surface area (Å²) in [6, 6.07) is 6.88. The monoisotopic (exact) mass is 545 g/mol. The molecule has 34 heavy (non-hydrogen) atoms. The summed E-state index contributed by atoms with van der Waals surface area (Å²) in [4.78, 5) is 7.93. The van der Waals surface area contributed by atoms with E-state index in [0.717, 1.165) is 43.2 Å². The van der Waals surface area contributed by atoms with E-state index in [1.54, 1.807) is 43.0 Å². The normalized spacial score (nSPS) is 17.6. The van der Waals surface area contributed by atoms with Crippen LogP contribution in [0.4, 0.5) is 0 Å². The van der Waals surface area contributed by atoms with Crippen LogP contribution >= 0.6 is 23.2 Å². The van der Waals surface area contributed by atoms with Crippen LogP contribution in [0.15, 0.2) is 45.4 Å². The first kappa shape index (κ1) is 29.8. The molecule has 186 valence electrons. The van der Waals surface area contributed by atoms with Crippen molar-refractivity contribution in [3.05, 3.63) is 58.1 Å². The average molecular weight is 547 g/mol. The lowest BCUT2D eigenvalue weighted by Crippen LogP contribution is -2.37. The molecule has 3 rings (SSSR count). The van der Waals surface area contributed by atoms with Gasteiger partial charge in [-0.3, -0.25) is 0 Å². The van der Waals surface area contributed by atoms with Gasteiger partial charge in [-0.05, 0) is 36.1 Å². The van der Waals surface area contributed by atoms with Gasteiger partial charge in [-0.1, -0.05) is 62.0 Å². The fraction of sp³-hybridized carbons (Fsp3) is 0.455. The van der Waals surface area contributed by atoms with Crippen LogP contribution < -0.4 is 0 Å². The van der Waals surface area contributed by atoms with E-state index in [9.17, 15) is 8.42 Å². The molecule has 2 heterocycles. The Morgan fingerprint density at radius 3 is 2.00 bits per heavy atom. The first-order valence-corrected chi connectivity index (χ1v) is 14.7. The second-order valence-electron chi connectivity index (χ2n) is 7.70. The van der Waals surface area contributed by atoms with Crippen LogP contribution in [-0.2, 0) is 30.0 Å². The van der Waals surface area contributed by atoms with Crippen LogP contribution in [0, 0.1) is 22.9 Å². The summed E-state index contributed by atoms with van der Waals surface area (Å²) in [6.45, 7) is 0. The van der Waals surface area contributed by atoms with Gasteiger partial charge in [0.05, 0.1) is 30.0 Å². The van der Waals surface area contributed by atoms with Gasteiger partial charge in [-0.2, -0.15) is 10.5 Å². The lowest BCUT2D eigenvalue weighted by Gasteiger charge is -2.37. The number of rotatable bonds is 4. The number of nitrogens with zero attached hydrogens (tertiary/aromatic N) is 6. The van der Waals surface area contributed by atoms with Gasteiger partial charge in [-0.15, -0.1) is 8.73 Å². The van der Waals surface area contributed by atoms with E-state index in [0.29, 0.717) is 10.3 Å². The number of hydrogen-bond acceptors (Lipinski definition) is 8. The van der Waals surface area contributed by atoms with Gasteiger partial charge < -0.3 is 0 Å². The maximum atomic E-state index is 12.9. The number of pyridine rings is 2. The van der Waals surface area contributed by atoms with E-state index in [1.807, 2.05) is 6.07 Å². The van der Waals surface area contributed by atoms with Crippen molar-refractivity contribution in [2.75, 3.05) is 12.5 Å². The molecular weight excluding hydrogens is 515 g/mol. The summed E-state index contributed by atoms with van der Waals surface area (Å²) in [6.07, 6.45) is 14.1. The quantitative estimate of drug-likeness (QED) is 0.333. The molecule has 2 atom stereocenters. The Balaban J connectivity index is 0.000000652. The zero-order chi connectivity index (χ0) is 24.5. The zero-order valence-electron chi connectivity index (χ0n) is 18.3. The SMILES string of the molecule is C.CS(=O)(=NC#N)C1(c2ccc(Cl)nc2)CCCCC1.CS(=O)(Cc1ccc(Cl)nc1)=NC#N.[2HH]. The summed E-state index contributed by atoms with van der Waals surface area (Å²) < 4.78 is 31.0. The Labute approximate surface area is 214 Å². The summed E-state index contributed by atoms with van der Waals surface area (Å²) in [5.41, 5.74) is 1.63. The summed E-state index contributed by atoms with van der Waals surface area (Å²) >= 11 is 11.4. The topological polar surface area (TPSA) is 132 Å². The van der Waals surface area contributed by atoms with E-state index in [-0.39, 0.29) is 14.6 Å². The van der Waals surface area contributed by atoms with Gasteiger partial charge in [0.1, 0.15) is 10.3 Å². The molecular formula is C22H30Cl2N6O2S2. The van der Waals surface area contributed by atoms with Crippen molar-refractivity contribution >= 4 is 42.7 Å². The van der Waals surface area contributed by atoms with Gasteiger partial charge in [0.25, 0.3) is 0 Å². The molecule has 2 unspecified atom stereocenters. The standard InChI is InChI=1S/C13H16ClN3OS.C8H8ClN3OS.CH4.H2/c1-19(18,17-10-15)13(7-3-2-4-8-13)11-5-6-12(14)16-9-11;1-14(13,12-6-10)5-7-2-3-8(9)11-4-7;;/h5-6,9H,2-4,7-8H2,1H3;2-4H,5H2,1H3;1H4;1H/i;;;1+1. The number of hydrogen-bond donors (Lipinski definition) is 0. The maximum absolute atomic E-state index is 12.9. The highest BCUT2D eigenvalue weighted by Gasteiger charge is 2.42. The van der Waals surface area contributed by atoms with Gasteiger partial charge >= 0.3 is 0 Å². The Morgan fingerprint density at radius 2 is 1.53 bits per heavy atom. The highest BCUT2D eigenvalue weighted by atomic mass is 35.5. The van der Waals surface area contributed by atoms with Crippen molar-refractivity contribution in [2.45, 2.75) is 50.0 Å². The Kier molecular flexibility index (Phi) is 11.4. The predicted octanol–water partition coefficient (Wildman–Crippen LogP) is 6.17. The van der Waals surface area contributed by atoms with Crippen LogP contribution in [0.3, 0.4) is 0 Å². The van der Waals surface area contributed by atoms with Crippen molar-refractivity contribution in [3.63, 3.8) is 0 Å². The molecule has 0 spiro atoms. The molecule has 0 aromatic carbocycles. The molecule has 0 amide bonds. The lowest BCUT2D eigenvalue weighted by atomic mass is 9.84. The predicted molar refractivity (Wildman–Crippen MR) is 140 cm³/mol. The minimum atomic E-state index is -2.63. The van der Waals surface area contributed by atoms with E-state index < -0.39 is 24.2 Å². The molecule has 2 aromatic heterocycles. The summed E-state index contributed by atoms with van der Waals surface area (Å²) in [5.74, 6) is 0.213. The van der Waals surface area contributed by atoms with Gasteiger partial charge in [0, 0.05) is 26.3 Å².